The smallest absolute Gasteiger partial charge is 0.244 e. The minimum Gasteiger partial charge on any atom is -0.372 e. The summed E-state index contributed by atoms with van der Waals surface area (Å²) < 4.78 is 35.2. The molecular formula is C16H22ClN3O3S. The van der Waals surface area contributed by atoms with Gasteiger partial charge in [-0.3, -0.25) is 4.68 Å². The molecule has 132 valence electrons. The molecule has 0 spiro atoms. The first-order chi connectivity index (χ1) is 11.1. The van der Waals surface area contributed by atoms with Crippen molar-refractivity contribution in [3.05, 3.63) is 46.2 Å². The van der Waals surface area contributed by atoms with Crippen molar-refractivity contribution in [1.82, 2.24) is 14.5 Å². The Morgan fingerprint density at radius 3 is 2.54 bits per heavy atom. The van der Waals surface area contributed by atoms with Crippen LogP contribution in [0.1, 0.15) is 23.9 Å². The molecule has 2 rings (SSSR count). The third-order valence-corrected chi connectivity index (χ3v) is 6.08. The normalized spacial score (nSPS) is 14.6. The number of nitrogens with one attached hydrogen (secondary N) is 1. The number of rotatable bonds is 6. The van der Waals surface area contributed by atoms with Crippen molar-refractivity contribution in [2.24, 2.45) is 7.05 Å². The first-order valence-corrected chi connectivity index (χ1v) is 9.28. The second-order valence-corrected chi connectivity index (χ2v) is 8.03. The number of aromatic nitrogens is 2. The van der Waals surface area contributed by atoms with Gasteiger partial charge in [-0.05, 0) is 38.5 Å². The van der Waals surface area contributed by atoms with Crippen LogP contribution in [0.2, 0.25) is 5.02 Å². The maximum Gasteiger partial charge on any atom is 0.244 e. The van der Waals surface area contributed by atoms with Gasteiger partial charge in [0, 0.05) is 25.7 Å². The van der Waals surface area contributed by atoms with Gasteiger partial charge in [0.05, 0.1) is 11.4 Å². The van der Waals surface area contributed by atoms with Crippen LogP contribution >= 0.6 is 11.6 Å². The summed E-state index contributed by atoms with van der Waals surface area (Å²) in [6.45, 7) is 5.28. The van der Waals surface area contributed by atoms with E-state index in [9.17, 15) is 8.42 Å². The highest BCUT2D eigenvalue weighted by molar-refractivity contribution is 7.89. The van der Waals surface area contributed by atoms with Gasteiger partial charge in [0.1, 0.15) is 10.5 Å². The molecule has 1 aromatic heterocycles. The molecule has 6 nitrogen and oxygen atoms in total. The zero-order valence-corrected chi connectivity index (χ0v) is 16.0. The number of ether oxygens (including phenoxy) is 1. The SMILES string of the molecule is CO[C@@](C)(CNS(=O)(=O)c1c(C)nn(C)c1C)c1cccc(Cl)c1. The molecule has 0 bridgehead atoms. The molecule has 1 atom stereocenters. The summed E-state index contributed by atoms with van der Waals surface area (Å²) in [5.41, 5.74) is 0.994. The van der Waals surface area contributed by atoms with Crippen LogP contribution in [0.15, 0.2) is 29.2 Å². The molecule has 1 heterocycles. The van der Waals surface area contributed by atoms with Crippen molar-refractivity contribution in [2.45, 2.75) is 31.3 Å². The van der Waals surface area contributed by atoms with E-state index in [-0.39, 0.29) is 11.4 Å². The molecule has 0 amide bonds. The van der Waals surface area contributed by atoms with Gasteiger partial charge in [0.15, 0.2) is 0 Å². The number of hydrogen-bond donors (Lipinski definition) is 1. The molecule has 0 radical (unpaired) electrons. The Labute approximate surface area is 147 Å². The Hall–Kier alpha value is -1.41. The number of nitrogens with zero attached hydrogens (tertiary/aromatic N) is 2. The van der Waals surface area contributed by atoms with E-state index in [1.165, 1.54) is 7.11 Å². The molecule has 0 aliphatic rings. The quantitative estimate of drug-likeness (QED) is 0.846. The largest absolute Gasteiger partial charge is 0.372 e. The summed E-state index contributed by atoms with van der Waals surface area (Å²) in [5, 5.41) is 4.73. The van der Waals surface area contributed by atoms with Crippen molar-refractivity contribution in [3.8, 4) is 0 Å². The number of halogens is 1. The van der Waals surface area contributed by atoms with Crippen LogP contribution in [0.25, 0.3) is 0 Å². The minimum atomic E-state index is -3.71. The van der Waals surface area contributed by atoms with Gasteiger partial charge in [0.2, 0.25) is 10.0 Å². The van der Waals surface area contributed by atoms with Gasteiger partial charge in [0.25, 0.3) is 0 Å². The first kappa shape index (κ1) is 18.9. The molecule has 0 saturated carbocycles. The van der Waals surface area contributed by atoms with Gasteiger partial charge in [-0.15, -0.1) is 0 Å². The second-order valence-electron chi connectivity index (χ2n) is 5.89. The second kappa shape index (κ2) is 6.84. The van der Waals surface area contributed by atoms with Gasteiger partial charge >= 0.3 is 0 Å². The van der Waals surface area contributed by atoms with Crippen molar-refractivity contribution in [1.29, 1.82) is 0 Å². The number of hydrogen-bond acceptors (Lipinski definition) is 4. The van der Waals surface area contributed by atoms with E-state index in [1.807, 2.05) is 13.0 Å². The average Bonchev–Trinajstić information content (AvgIpc) is 2.78. The molecule has 2 aromatic rings. The van der Waals surface area contributed by atoms with Crippen LogP contribution in [0.3, 0.4) is 0 Å². The maximum absolute atomic E-state index is 12.7. The topological polar surface area (TPSA) is 73.2 Å². The minimum absolute atomic E-state index is 0.0694. The molecule has 1 aromatic carbocycles. The molecule has 0 aliphatic carbocycles. The highest BCUT2D eigenvalue weighted by atomic mass is 35.5. The molecule has 0 aliphatic heterocycles. The first-order valence-electron chi connectivity index (χ1n) is 7.42. The molecule has 1 N–H and O–H groups in total. The zero-order chi connectivity index (χ0) is 18.1. The number of aryl methyl sites for hydroxylation is 2. The number of sulfonamides is 1. The Bertz CT molecular complexity index is 848. The fourth-order valence-electron chi connectivity index (χ4n) is 2.56. The number of methoxy groups -OCH3 is 1. The molecule has 8 heteroatoms. The van der Waals surface area contributed by atoms with Crippen LogP contribution in [0, 0.1) is 13.8 Å². The third kappa shape index (κ3) is 3.64. The molecular weight excluding hydrogens is 350 g/mol. The average molecular weight is 372 g/mol. The van der Waals surface area contributed by atoms with E-state index in [0.717, 1.165) is 5.56 Å². The maximum atomic E-state index is 12.7. The van der Waals surface area contributed by atoms with E-state index in [2.05, 4.69) is 9.82 Å². The van der Waals surface area contributed by atoms with Gasteiger partial charge < -0.3 is 4.74 Å². The summed E-state index contributed by atoms with van der Waals surface area (Å²) >= 11 is 6.03. The Morgan fingerprint density at radius 2 is 2.04 bits per heavy atom. The molecule has 0 fully saturated rings. The van der Waals surface area contributed by atoms with Gasteiger partial charge in [-0.25, -0.2) is 13.1 Å². The van der Waals surface area contributed by atoms with Crippen LogP contribution in [0.4, 0.5) is 0 Å². The van der Waals surface area contributed by atoms with Gasteiger partial charge in [-0.1, -0.05) is 23.7 Å². The third-order valence-electron chi connectivity index (χ3n) is 4.20. The van der Waals surface area contributed by atoms with Crippen LogP contribution in [-0.2, 0) is 27.4 Å². The number of benzene rings is 1. The monoisotopic (exact) mass is 371 g/mol. The van der Waals surface area contributed by atoms with Crippen molar-refractivity contribution in [3.63, 3.8) is 0 Å². The van der Waals surface area contributed by atoms with E-state index in [1.54, 1.807) is 43.8 Å². The predicted octanol–water partition coefficient (Wildman–Crippen LogP) is 2.53. The van der Waals surface area contributed by atoms with Gasteiger partial charge in [-0.2, -0.15) is 5.10 Å². The van der Waals surface area contributed by atoms with E-state index >= 15 is 0 Å². The fourth-order valence-corrected chi connectivity index (χ4v) is 4.31. The Kier molecular flexibility index (Phi) is 5.39. The van der Waals surface area contributed by atoms with E-state index in [0.29, 0.717) is 16.4 Å². The van der Waals surface area contributed by atoms with E-state index < -0.39 is 15.6 Å². The fraction of sp³-hybridized carbons (Fsp3) is 0.438. The zero-order valence-electron chi connectivity index (χ0n) is 14.4. The highest BCUT2D eigenvalue weighted by Crippen LogP contribution is 2.27. The lowest BCUT2D eigenvalue weighted by Crippen LogP contribution is -2.40. The van der Waals surface area contributed by atoms with Crippen LogP contribution < -0.4 is 4.72 Å². The van der Waals surface area contributed by atoms with Crippen molar-refractivity contribution >= 4 is 21.6 Å². The lowest BCUT2D eigenvalue weighted by atomic mass is 9.96. The Morgan fingerprint density at radius 1 is 1.38 bits per heavy atom. The summed E-state index contributed by atoms with van der Waals surface area (Å²) in [7, 11) is -0.456. The molecule has 0 unspecified atom stereocenters. The predicted molar refractivity (Wildman–Crippen MR) is 93.7 cm³/mol. The summed E-state index contributed by atoms with van der Waals surface area (Å²) in [4.78, 5) is 0.203. The summed E-state index contributed by atoms with van der Waals surface area (Å²) in [5.74, 6) is 0. The van der Waals surface area contributed by atoms with E-state index in [4.69, 9.17) is 16.3 Å². The Balaban J connectivity index is 2.30. The summed E-state index contributed by atoms with van der Waals surface area (Å²) in [6.07, 6.45) is 0. The van der Waals surface area contributed by atoms with Crippen molar-refractivity contribution in [2.75, 3.05) is 13.7 Å². The summed E-state index contributed by atoms with van der Waals surface area (Å²) in [6, 6.07) is 7.18. The lowest BCUT2D eigenvalue weighted by Gasteiger charge is -2.29. The lowest BCUT2D eigenvalue weighted by molar-refractivity contribution is 0.00698. The van der Waals surface area contributed by atoms with Crippen molar-refractivity contribution < 1.29 is 13.2 Å². The highest BCUT2D eigenvalue weighted by Gasteiger charge is 2.31. The molecule has 0 saturated heterocycles. The van der Waals surface area contributed by atoms with Crippen LogP contribution in [0.5, 0.6) is 0 Å². The standard InChI is InChI=1S/C16H22ClN3O3S/c1-11-15(12(2)20(4)19-11)24(21,22)18-10-16(3,23-5)13-7-6-8-14(17)9-13/h6-9,18H,10H2,1-5H3/t16-/m0/s1. The molecule has 24 heavy (non-hydrogen) atoms. The van der Waals surface area contributed by atoms with Crippen LogP contribution in [-0.4, -0.2) is 31.9 Å².